The number of amides is 1. The predicted molar refractivity (Wildman–Crippen MR) is 95.2 cm³/mol. The predicted octanol–water partition coefficient (Wildman–Crippen LogP) is 3.65. The van der Waals surface area contributed by atoms with E-state index in [1.54, 1.807) is 16.6 Å². The maximum Gasteiger partial charge on any atom is 0.258 e. The Labute approximate surface area is 152 Å². The van der Waals surface area contributed by atoms with E-state index in [1.807, 2.05) is 25.1 Å². The molecule has 0 fully saturated rings. The van der Waals surface area contributed by atoms with Crippen molar-refractivity contribution in [3.05, 3.63) is 40.2 Å². The molecule has 0 N–H and O–H groups in total. The lowest BCUT2D eigenvalue weighted by atomic mass is 10.1. The van der Waals surface area contributed by atoms with E-state index >= 15 is 0 Å². The van der Waals surface area contributed by atoms with Gasteiger partial charge in [0.25, 0.3) is 5.91 Å². The van der Waals surface area contributed by atoms with E-state index in [0.29, 0.717) is 28.7 Å². The summed E-state index contributed by atoms with van der Waals surface area (Å²) in [5.41, 5.74) is 2.09. The lowest BCUT2D eigenvalue weighted by Crippen LogP contribution is -2.26. The lowest BCUT2D eigenvalue weighted by molar-refractivity contribution is 0.0784. The molecule has 0 aliphatic carbocycles. The van der Waals surface area contributed by atoms with Gasteiger partial charge in [-0.2, -0.15) is 5.10 Å². The fraction of sp³-hybridized carbons (Fsp3) is 0.444. The van der Waals surface area contributed by atoms with Crippen LogP contribution in [-0.4, -0.2) is 34.4 Å². The Kier molecular flexibility index (Phi) is 5.18. The Balaban J connectivity index is 1.75. The minimum Gasteiger partial charge on any atom is -0.454 e. The highest BCUT2D eigenvalue weighted by Gasteiger charge is 2.23. The number of aryl methyl sites for hydroxylation is 2. The number of fused-ring (bicyclic) bond motifs is 1. The molecule has 134 valence electrons. The zero-order valence-corrected chi connectivity index (χ0v) is 15.5. The summed E-state index contributed by atoms with van der Waals surface area (Å²) in [6.45, 7) is 5.32. The first kappa shape index (κ1) is 17.6. The third-order valence-electron chi connectivity index (χ3n) is 4.21. The maximum atomic E-state index is 12.8. The van der Waals surface area contributed by atoms with Crippen molar-refractivity contribution in [1.29, 1.82) is 0 Å². The second-order valence-electron chi connectivity index (χ2n) is 6.18. The minimum atomic E-state index is -0.136. The fourth-order valence-electron chi connectivity index (χ4n) is 2.83. The lowest BCUT2D eigenvalue weighted by Gasteiger charge is -2.17. The van der Waals surface area contributed by atoms with Crippen LogP contribution >= 0.6 is 11.6 Å². The molecule has 25 heavy (non-hydrogen) atoms. The molecule has 6 nitrogen and oxygen atoms in total. The van der Waals surface area contributed by atoms with Gasteiger partial charge in [0, 0.05) is 20.1 Å². The van der Waals surface area contributed by atoms with Crippen LogP contribution in [0.2, 0.25) is 5.15 Å². The molecule has 1 aliphatic heterocycles. The molecule has 1 aromatic carbocycles. The van der Waals surface area contributed by atoms with E-state index in [9.17, 15) is 4.79 Å². The molecule has 0 atom stereocenters. The molecule has 3 rings (SSSR count). The van der Waals surface area contributed by atoms with Crippen LogP contribution < -0.4 is 9.47 Å². The van der Waals surface area contributed by atoms with Gasteiger partial charge in [-0.15, -0.1) is 0 Å². The van der Waals surface area contributed by atoms with Gasteiger partial charge in [0.05, 0.1) is 11.3 Å². The summed E-state index contributed by atoms with van der Waals surface area (Å²) >= 11 is 6.40. The number of carbonyl (C=O) groups is 1. The molecule has 1 aliphatic rings. The van der Waals surface area contributed by atoms with Crippen LogP contribution in [0.15, 0.2) is 18.2 Å². The van der Waals surface area contributed by atoms with Crippen molar-refractivity contribution < 1.29 is 14.3 Å². The van der Waals surface area contributed by atoms with Crippen molar-refractivity contribution in [3.63, 3.8) is 0 Å². The highest BCUT2D eigenvalue weighted by Crippen LogP contribution is 2.33. The van der Waals surface area contributed by atoms with Gasteiger partial charge in [0.2, 0.25) is 6.79 Å². The van der Waals surface area contributed by atoms with Crippen LogP contribution in [0.25, 0.3) is 0 Å². The number of hydrogen-bond donors (Lipinski definition) is 0. The summed E-state index contributed by atoms with van der Waals surface area (Å²) in [5.74, 6) is 1.30. The molecule has 1 amide bonds. The SMILES string of the molecule is CCCCn1nc(C)c(C(=O)N(C)Cc2ccc3c(c2)OCO3)c1Cl. The van der Waals surface area contributed by atoms with E-state index in [4.69, 9.17) is 21.1 Å². The zero-order valence-electron chi connectivity index (χ0n) is 14.7. The first-order chi connectivity index (χ1) is 12.0. The zero-order chi connectivity index (χ0) is 18.0. The smallest absolute Gasteiger partial charge is 0.258 e. The Morgan fingerprint density at radius 3 is 2.88 bits per heavy atom. The monoisotopic (exact) mass is 363 g/mol. The number of hydrogen-bond acceptors (Lipinski definition) is 4. The fourth-order valence-corrected chi connectivity index (χ4v) is 3.17. The van der Waals surface area contributed by atoms with Crippen molar-refractivity contribution in [2.45, 2.75) is 39.8 Å². The number of aromatic nitrogens is 2. The molecule has 0 saturated carbocycles. The van der Waals surface area contributed by atoms with Gasteiger partial charge in [0.15, 0.2) is 11.5 Å². The Morgan fingerprint density at radius 2 is 2.12 bits per heavy atom. The second kappa shape index (κ2) is 7.35. The van der Waals surface area contributed by atoms with Crippen LogP contribution in [0.1, 0.15) is 41.4 Å². The number of unbranched alkanes of at least 4 members (excludes halogenated alkanes) is 1. The molecule has 0 bridgehead atoms. The van der Waals surface area contributed by atoms with E-state index in [-0.39, 0.29) is 12.7 Å². The van der Waals surface area contributed by atoms with E-state index in [2.05, 4.69) is 12.0 Å². The standard InChI is InChI=1S/C18H22ClN3O3/c1-4-5-8-22-17(19)16(12(2)20-22)18(23)21(3)10-13-6-7-14-15(9-13)25-11-24-14/h6-7,9H,4-5,8,10-11H2,1-3H3. The first-order valence-corrected chi connectivity index (χ1v) is 8.76. The van der Waals surface area contributed by atoms with Gasteiger partial charge in [-0.1, -0.05) is 31.0 Å². The highest BCUT2D eigenvalue weighted by molar-refractivity contribution is 6.33. The van der Waals surface area contributed by atoms with Crippen molar-refractivity contribution in [2.75, 3.05) is 13.8 Å². The van der Waals surface area contributed by atoms with Crippen LogP contribution in [0, 0.1) is 6.92 Å². The van der Waals surface area contributed by atoms with Gasteiger partial charge in [0.1, 0.15) is 5.15 Å². The number of ether oxygens (including phenoxy) is 2. The largest absolute Gasteiger partial charge is 0.454 e. The third kappa shape index (κ3) is 3.58. The quantitative estimate of drug-likeness (QED) is 0.786. The van der Waals surface area contributed by atoms with Crippen LogP contribution in [0.5, 0.6) is 11.5 Å². The number of carbonyl (C=O) groups excluding carboxylic acids is 1. The maximum absolute atomic E-state index is 12.8. The summed E-state index contributed by atoms with van der Waals surface area (Å²) in [6, 6.07) is 5.68. The van der Waals surface area contributed by atoms with Gasteiger partial charge >= 0.3 is 0 Å². The van der Waals surface area contributed by atoms with E-state index in [0.717, 1.165) is 30.7 Å². The Hall–Kier alpha value is -2.21. The molecular formula is C18H22ClN3O3. The Morgan fingerprint density at radius 1 is 1.36 bits per heavy atom. The van der Waals surface area contributed by atoms with Crippen molar-refractivity contribution >= 4 is 17.5 Å². The van der Waals surface area contributed by atoms with Crippen LogP contribution in [0.4, 0.5) is 0 Å². The van der Waals surface area contributed by atoms with Crippen molar-refractivity contribution in [1.82, 2.24) is 14.7 Å². The van der Waals surface area contributed by atoms with Crippen molar-refractivity contribution in [2.24, 2.45) is 0 Å². The third-order valence-corrected chi connectivity index (χ3v) is 4.59. The molecule has 0 unspecified atom stereocenters. The topological polar surface area (TPSA) is 56.6 Å². The van der Waals surface area contributed by atoms with Gasteiger partial charge in [-0.25, -0.2) is 0 Å². The summed E-state index contributed by atoms with van der Waals surface area (Å²) < 4.78 is 12.4. The average molecular weight is 364 g/mol. The average Bonchev–Trinajstić information content (AvgIpc) is 3.16. The molecule has 0 spiro atoms. The number of rotatable bonds is 6. The van der Waals surface area contributed by atoms with E-state index < -0.39 is 0 Å². The molecule has 0 saturated heterocycles. The summed E-state index contributed by atoms with van der Waals surface area (Å²) in [4.78, 5) is 14.5. The summed E-state index contributed by atoms with van der Waals surface area (Å²) in [6.07, 6.45) is 2.02. The minimum absolute atomic E-state index is 0.136. The van der Waals surface area contributed by atoms with Crippen molar-refractivity contribution in [3.8, 4) is 11.5 Å². The van der Waals surface area contributed by atoms with Gasteiger partial charge in [-0.05, 0) is 31.0 Å². The van der Waals surface area contributed by atoms with Crippen LogP contribution in [-0.2, 0) is 13.1 Å². The molecule has 7 heteroatoms. The highest BCUT2D eigenvalue weighted by atomic mass is 35.5. The molecule has 1 aromatic heterocycles. The molecular weight excluding hydrogens is 342 g/mol. The van der Waals surface area contributed by atoms with Gasteiger partial charge in [-0.3, -0.25) is 9.48 Å². The normalized spacial score (nSPS) is 12.5. The second-order valence-corrected chi connectivity index (χ2v) is 6.53. The molecule has 2 heterocycles. The number of nitrogens with zero attached hydrogens (tertiary/aromatic N) is 3. The Bertz CT molecular complexity index is 788. The van der Waals surface area contributed by atoms with Gasteiger partial charge < -0.3 is 14.4 Å². The number of halogens is 1. The van der Waals surface area contributed by atoms with E-state index in [1.165, 1.54) is 0 Å². The summed E-state index contributed by atoms with van der Waals surface area (Å²) in [7, 11) is 1.76. The van der Waals surface area contributed by atoms with Crippen LogP contribution in [0.3, 0.4) is 0 Å². The molecule has 0 radical (unpaired) electrons. The number of benzene rings is 1. The first-order valence-electron chi connectivity index (χ1n) is 8.38. The summed E-state index contributed by atoms with van der Waals surface area (Å²) in [5, 5.41) is 4.82. The molecule has 2 aromatic rings.